The van der Waals surface area contributed by atoms with Gasteiger partial charge in [-0.2, -0.15) is 0 Å². The summed E-state index contributed by atoms with van der Waals surface area (Å²) in [7, 11) is -3.13. The van der Waals surface area contributed by atoms with Gasteiger partial charge in [0.25, 0.3) is 0 Å². The summed E-state index contributed by atoms with van der Waals surface area (Å²) < 4.78 is 23.0. The van der Waals surface area contributed by atoms with Crippen LogP contribution in [-0.4, -0.2) is 21.2 Å². The van der Waals surface area contributed by atoms with Crippen molar-refractivity contribution >= 4 is 15.5 Å². The molecule has 0 unspecified atom stereocenters. The van der Waals surface area contributed by atoms with Crippen LogP contribution in [-0.2, 0) is 9.84 Å². The van der Waals surface area contributed by atoms with Crippen LogP contribution >= 0.6 is 0 Å². The summed E-state index contributed by atoms with van der Waals surface area (Å²) in [4.78, 5) is 0.394. The molecule has 1 aromatic rings. The highest BCUT2D eigenvalue weighted by atomic mass is 32.2. The number of sulfone groups is 1. The molecule has 0 amide bonds. The maximum absolute atomic E-state index is 11.5. The van der Waals surface area contributed by atoms with Crippen molar-refractivity contribution in [1.82, 2.24) is 0 Å². The van der Waals surface area contributed by atoms with Crippen LogP contribution in [0.15, 0.2) is 29.2 Å². The Morgan fingerprint density at radius 1 is 1.31 bits per heavy atom. The number of para-hydroxylation sites is 1. The minimum atomic E-state index is -3.13. The van der Waals surface area contributed by atoms with E-state index in [0.29, 0.717) is 4.90 Å². The van der Waals surface area contributed by atoms with Crippen molar-refractivity contribution in [2.75, 3.05) is 18.1 Å². The SMILES string of the molecule is CS(=O)(=O)c1ccccc1NCCC1CC1. The third kappa shape index (κ3) is 2.98. The van der Waals surface area contributed by atoms with E-state index >= 15 is 0 Å². The quantitative estimate of drug-likeness (QED) is 0.857. The average molecular weight is 239 g/mol. The topological polar surface area (TPSA) is 46.2 Å². The Morgan fingerprint density at radius 2 is 2.00 bits per heavy atom. The van der Waals surface area contributed by atoms with E-state index in [4.69, 9.17) is 0 Å². The van der Waals surface area contributed by atoms with Gasteiger partial charge in [-0.25, -0.2) is 8.42 Å². The van der Waals surface area contributed by atoms with E-state index in [1.54, 1.807) is 12.1 Å². The van der Waals surface area contributed by atoms with Crippen LogP contribution in [0, 0.1) is 5.92 Å². The van der Waals surface area contributed by atoms with Gasteiger partial charge in [0.2, 0.25) is 0 Å². The zero-order valence-corrected chi connectivity index (χ0v) is 10.3. The summed E-state index contributed by atoms with van der Waals surface area (Å²) in [6.07, 6.45) is 5.04. The second-order valence-electron chi connectivity index (χ2n) is 4.43. The smallest absolute Gasteiger partial charge is 0.177 e. The first-order chi connectivity index (χ1) is 7.57. The van der Waals surface area contributed by atoms with E-state index in [9.17, 15) is 8.42 Å². The van der Waals surface area contributed by atoms with Gasteiger partial charge < -0.3 is 5.32 Å². The Balaban J connectivity index is 2.06. The van der Waals surface area contributed by atoms with Crippen molar-refractivity contribution in [3.8, 4) is 0 Å². The first-order valence-electron chi connectivity index (χ1n) is 5.60. The van der Waals surface area contributed by atoms with E-state index in [1.807, 2.05) is 12.1 Å². The van der Waals surface area contributed by atoms with Crippen molar-refractivity contribution in [1.29, 1.82) is 0 Å². The highest BCUT2D eigenvalue weighted by molar-refractivity contribution is 7.90. The fourth-order valence-electron chi connectivity index (χ4n) is 1.75. The van der Waals surface area contributed by atoms with Crippen molar-refractivity contribution in [2.24, 2.45) is 5.92 Å². The maximum atomic E-state index is 11.5. The Kier molecular flexibility index (Phi) is 3.19. The van der Waals surface area contributed by atoms with Crippen molar-refractivity contribution in [2.45, 2.75) is 24.2 Å². The second kappa shape index (κ2) is 4.45. The van der Waals surface area contributed by atoms with Crippen molar-refractivity contribution in [3.05, 3.63) is 24.3 Å². The summed E-state index contributed by atoms with van der Waals surface area (Å²) in [5.41, 5.74) is 0.727. The molecule has 1 aromatic carbocycles. The molecule has 0 saturated heterocycles. The molecule has 1 aliphatic rings. The number of hydrogen-bond donors (Lipinski definition) is 1. The van der Waals surface area contributed by atoms with E-state index in [2.05, 4.69) is 5.32 Å². The molecule has 0 radical (unpaired) electrons. The highest BCUT2D eigenvalue weighted by Gasteiger charge is 2.20. The number of hydrogen-bond acceptors (Lipinski definition) is 3. The van der Waals surface area contributed by atoms with Crippen LogP contribution in [0.25, 0.3) is 0 Å². The fraction of sp³-hybridized carbons (Fsp3) is 0.500. The number of nitrogens with one attached hydrogen (secondary N) is 1. The number of benzene rings is 1. The Bertz CT molecular complexity index is 464. The maximum Gasteiger partial charge on any atom is 0.177 e. The van der Waals surface area contributed by atoms with Gasteiger partial charge in [-0.1, -0.05) is 25.0 Å². The average Bonchev–Trinajstić information content (AvgIpc) is 3.01. The molecule has 3 nitrogen and oxygen atoms in total. The van der Waals surface area contributed by atoms with E-state index < -0.39 is 9.84 Å². The fourth-order valence-corrected chi connectivity index (χ4v) is 2.62. The van der Waals surface area contributed by atoms with Gasteiger partial charge in [-0.3, -0.25) is 0 Å². The molecule has 4 heteroatoms. The van der Waals surface area contributed by atoms with Crippen LogP contribution in [0.1, 0.15) is 19.3 Å². The Labute approximate surface area is 96.8 Å². The summed E-state index contributed by atoms with van der Waals surface area (Å²) in [5, 5.41) is 3.21. The molecule has 1 aliphatic carbocycles. The number of rotatable bonds is 5. The summed E-state index contributed by atoms with van der Waals surface area (Å²) in [5.74, 6) is 0.859. The molecule has 0 aliphatic heterocycles. The summed E-state index contributed by atoms with van der Waals surface area (Å²) in [6, 6.07) is 7.08. The number of anilines is 1. The predicted molar refractivity (Wildman–Crippen MR) is 65.4 cm³/mol. The molecule has 2 rings (SSSR count). The third-order valence-electron chi connectivity index (χ3n) is 2.85. The molecule has 0 bridgehead atoms. The zero-order valence-electron chi connectivity index (χ0n) is 9.44. The lowest BCUT2D eigenvalue weighted by Gasteiger charge is -2.10. The van der Waals surface area contributed by atoms with Crippen molar-refractivity contribution < 1.29 is 8.42 Å². The summed E-state index contributed by atoms with van der Waals surface area (Å²) in [6.45, 7) is 0.858. The molecule has 1 fully saturated rings. The summed E-state index contributed by atoms with van der Waals surface area (Å²) >= 11 is 0. The lowest BCUT2D eigenvalue weighted by atomic mass is 10.2. The predicted octanol–water partition coefficient (Wildman–Crippen LogP) is 2.30. The molecule has 88 valence electrons. The lowest BCUT2D eigenvalue weighted by molar-refractivity contribution is 0.602. The molecular weight excluding hydrogens is 222 g/mol. The van der Waals surface area contributed by atoms with Crippen LogP contribution in [0.3, 0.4) is 0 Å². The Hall–Kier alpha value is -1.03. The monoisotopic (exact) mass is 239 g/mol. The van der Waals surface area contributed by atoms with E-state index in [1.165, 1.54) is 19.1 Å². The molecule has 0 spiro atoms. The lowest BCUT2D eigenvalue weighted by Crippen LogP contribution is -2.07. The first kappa shape index (κ1) is 11.5. The van der Waals surface area contributed by atoms with E-state index in [0.717, 1.165) is 24.6 Å². The van der Waals surface area contributed by atoms with Gasteiger partial charge in [0.1, 0.15) is 0 Å². The van der Waals surface area contributed by atoms with Gasteiger partial charge >= 0.3 is 0 Å². The molecule has 1 saturated carbocycles. The molecule has 16 heavy (non-hydrogen) atoms. The van der Waals surface area contributed by atoms with Gasteiger partial charge in [-0.15, -0.1) is 0 Å². The molecule has 0 aromatic heterocycles. The van der Waals surface area contributed by atoms with Crippen LogP contribution in [0.4, 0.5) is 5.69 Å². The normalized spacial score (nSPS) is 16.1. The van der Waals surface area contributed by atoms with E-state index in [-0.39, 0.29) is 0 Å². The van der Waals surface area contributed by atoms with Gasteiger partial charge in [0.15, 0.2) is 9.84 Å². The highest BCUT2D eigenvalue weighted by Crippen LogP contribution is 2.32. The van der Waals surface area contributed by atoms with Crippen molar-refractivity contribution in [3.63, 3.8) is 0 Å². The third-order valence-corrected chi connectivity index (χ3v) is 4.01. The van der Waals surface area contributed by atoms with Gasteiger partial charge in [-0.05, 0) is 24.5 Å². The molecule has 0 atom stereocenters. The van der Waals surface area contributed by atoms with Crippen LogP contribution in [0.5, 0.6) is 0 Å². The standard InChI is InChI=1S/C12H17NO2S/c1-16(14,15)12-5-3-2-4-11(12)13-9-8-10-6-7-10/h2-5,10,13H,6-9H2,1H3. The van der Waals surface area contributed by atoms with Crippen LogP contribution in [0.2, 0.25) is 0 Å². The van der Waals surface area contributed by atoms with Gasteiger partial charge in [0.05, 0.1) is 10.6 Å². The second-order valence-corrected chi connectivity index (χ2v) is 6.41. The molecule has 1 N–H and O–H groups in total. The zero-order chi connectivity index (χ0) is 11.6. The first-order valence-corrected chi connectivity index (χ1v) is 7.49. The van der Waals surface area contributed by atoms with Gasteiger partial charge in [0, 0.05) is 12.8 Å². The minimum Gasteiger partial charge on any atom is -0.384 e. The van der Waals surface area contributed by atoms with Crippen LogP contribution < -0.4 is 5.32 Å². The minimum absolute atomic E-state index is 0.394. The largest absolute Gasteiger partial charge is 0.384 e. The Morgan fingerprint density at radius 3 is 2.62 bits per heavy atom. The molecular formula is C12H17NO2S. The molecule has 0 heterocycles.